The topological polar surface area (TPSA) is 69.6 Å². The molecule has 0 bridgehead atoms. The maximum Gasteiger partial charge on any atom is 0.335 e. The van der Waals surface area contributed by atoms with Crippen molar-refractivity contribution in [3.05, 3.63) is 65.7 Å². The monoisotopic (exact) mass is 310 g/mol. The lowest BCUT2D eigenvalue weighted by molar-refractivity contribution is -0.111. The molecule has 2 rings (SSSR count). The highest BCUT2D eigenvalue weighted by atomic mass is 16.4. The third-order valence-electron chi connectivity index (χ3n) is 3.21. The van der Waals surface area contributed by atoms with Gasteiger partial charge in [0.15, 0.2) is 0 Å². The molecule has 2 N–H and O–H groups in total. The van der Waals surface area contributed by atoms with Crippen LogP contribution in [0, 0.1) is 0 Å². The number of carbonyl (C=O) groups is 2. The minimum absolute atomic E-state index is 0.131. The molecule has 0 aliphatic rings. The van der Waals surface area contributed by atoms with E-state index in [-0.39, 0.29) is 11.5 Å². The van der Waals surface area contributed by atoms with Gasteiger partial charge in [-0.25, -0.2) is 4.79 Å². The van der Waals surface area contributed by atoms with Crippen LogP contribution in [-0.4, -0.2) is 31.1 Å². The zero-order valence-corrected chi connectivity index (χ0v) is 13.0. The minimum atomic E-state index is -1.03. The molecule has 0 aliphatic carbocycles. The van der Waals surface area contributed by atoms with Gasteiger partial charge < -0.3 is 15.3 Å². The van der Waals surface area contributed by atoms with Gasteiger partial charge in [0, 0.05) is 31.5 Å². The van der Waals surface area contributed by atoms with Crippen LogP contribution in [0.1, 0.15) is 15.9 Å². The fourth-order valence-corrected chi connectivity index (χ4v) is 1.97. The lowest BCUT2D eigenvalue weighted by Gasteiger charge is -2.11. The average Bonchev–Trinajstić information content (AvgIpc) is 2.53. The predicted octanol–water partition coefficient (Wildman–Crippen LogP) is 3.10. The van der Waals surface area contributed by atoms with Crippen LogP contribution in [0.25, 0.3) is 6.08 Å². The van der Waals surface area contributed by atoms with Crippen LogP contribution in [0.15, 0.2) is 54.6 Å². The second-order valence-corrected chi connectivity index (χ2v) is 5.19. The largest absolute Gasteiger partial charge is 0.478 e. The standard InChI is InChI=1S/C18H18N2O3/c1-20(2)16-9-6-13(7-10-16)8-11-17(21)19-15-5-3-4-14(12-15)18(22)23/h3-12H,1-2H3,(H,19,21)(H,22,23). The van der Waals surface area contributed by atoms with Gasteiger partial charge in [-0.2, -0.15) is 0 Å². The van der Waals surface area contributed by atoms with E-state index in [1.54, 1.807) is 18.2 Å². The number of hydrogen-bond donors (Lipinski definition) is 2. The highest BCUT2D eigenvalue weighted by Crippen LogP contribution is 2.14. The van der Waals surface area contributed by atoms with Gasteiger partial charge in [-0.15, -0.1) is 0 Å². The van der Waals surface area contributed by atoms with E-state index in [1.807, 2.05) is 43.3 Å². The van der Waals surface area contributed by atoms with Crippen LogP contribution in [0.4, 0.5) is 11.4 Å². The number of rotatable bonds is 5. The smallest absolute Gasteiger partial charge is 0.335 e. The summed E-state index contributed by atoms with van der Waals surface area (Å²) in [5.41, 5.74) is 2.57. The molecule has 0 fully saturated rings. The van der Waals surface area contributed by atoms with Crippen LogP contribution in [0.2, 0.25) is 0 Å². The Bertz CT molecular complexity index is 734. The molecule has 0 aliphatic heterocycles. The van der Waals surface area contributed by atoms with Crippen LogP contribution >= 0.6 is 0 Å². The Morgan fingerprint density at radius 1 is 1.09 bits per heavy atom. The van der Waals surface area contributed by atoms with E-state index in [0.717, 1.165) is 11.3 Å². The van der Waals surface area contributed by atoms with Gasteiger partial charge in [0.05, 0.1) is 5.56 Å². The Labute approximate surface area is 134 Å². The molecule has 1 amide bonds. The van der Waals surface area contributed by atoms with E-state index in [9.17, 15) is 9.59 Å². The number of hydrogen-bond acceptors (Lipinski definition) is 3. The Kier molecular flexibility index (Phi) is 5.15. The molecule has 0 heterocycles. The van der Waals surface area contributed by atoms with E-state index in [1.165, 1.54) is 18.2 Å². The second-order valence-electron chi connectivity index (χ2n) is 5.19. The van der Waals surface area contributed by atoms with Gasteiger partial charge in [-0.05, 0) is 42.0 Å². The molecular formula is C18H18N2O3. The molecule has 2 aromatic carbocycles. The first-order valence-corrected chi connectivity index (χ1v) is 7.05. The normalized spacial score (nSPS) is 10.5. The average molecular weight is 310 g/mol. The molecule has 0 spiro atoms. The molecule has 0 atom stereocenters. The Morgan fingerprint density at radius 3 is 2.39 bits per heavy atom. The number of carboxylic acid groups (broad SMARTS) is 1. The number of nitrogens with one attached hydrogen (secondary N) is 1. The fourth-order valence-electron chi connectivity index (χ4n) is 1.97. The van der Waals surface area contributed by atoms with Gasteiger partial charge in [0.1, 0.15) is 0 Å². The van der Waals surface area contributed by atoms with Crippen molar-refractivity contribution in [1.82, 2.24) is 0 Å². The molecule has 0 aromatic heterocycles. The van der Waals surface area contributed by atoms with Crippen LogP contribution in [0.3, 0.4) is 0 Å². The Morgan fingerprint density at radius 2 is 1.78 bits per heavy atom. The molecular weight excluding hydrogens is 292 g/mol. The van der Waals surface area contributed by atoms with Gasteiger partial charge in [0.2, 0.25) is 5.91 Å². The van der Waals surface area contributed by atoms with Gasteiger partial charge >= 0.3 is 5.97 Å². The van der Waals surface area contributed by atoms with E-state index in [4.69, 9.17) is 5.11 Å². The summed E-state index contributed by atoms with van der Waals surface area (Å²) in [5.74, 6) is -1.35. The van der Waals surface area contributed by atoms with Crippen molar-refractivity contribution in [3.63, 3.8) is 0 Å². The van der Waals surface area contributed by atoms with Crippen molar-refractivity contribution in [2.75, 3.05) is 24.3 Å². The summed E-state index contributed by atoms with van der Waals surface area (Å²) < 4.78 is 0. The molecule has 2 aromatic rings. The third-order valence-corrected chi connectivity index (χ3v) is 3.21. The summed E-state index contributed by atoms with van der Waals surface area (Å²) in [6, 6.07) is 13.9. The van der Waals surface area contributed by atoms with Gasteiger partial charge in [0.25, 0.3) is 0 Å². The summed E-state index contributed by atoms with van der Waals surface area (Å²) in [6.07, 6.45) is 3.12. The first kappa shape index (κ1) is 16.3. The third kappa shape index (κ3) is 4.71. The SMILES string of the molecule is CN(C)c1ccc(C=CC(=O)Nc2cccc(C(=O)O)c2)cc1. The molecule has 23 heavy (non-hydrogen) atoms. The zero-order chi connectivity index (χ0) is 16.8. The van der Waals surface area contributed by atoms with Crippen molar-refractivity contribution >= 4 is 29.3 Å². The second kappa shape index (κ2) is 7.26. The van der Waals surface area contributed by atoms with Crippen LogP contribution < -0.4 is 10.2 Å². The Hall–Kier alpha value is -3.08. The van der Waals surface area contributed by atoms with Crippen molar-refractivity contribution in [1.29, 1.82) is 0 Å². The van der Waals surface area contributed by atoms with E-state index >= 15 is 0 Å². The van der Waals surface area contributed by atoms with Crippen LogP contribution in [-0.2, 0) is 4.79 Å². The summed E-state index contributed by atoms with van der Waals surface area (Å²) in [5, 5.41) is 11.6. The molecule has 5 nitrogen and oxygen atoms in total. The van der Waals surface area contributed by atoms with Gasteiger partial charge in [-0.3, -0.25) is 4.79 Å². The number of carbonyl (C=O) groups excluding carboxylic acids is 1. The first-order chi connectivity index (χ1) is 11.0. The molecule has 0 saturated carbocycles. The number of anilines is 2. The highest BCUT2D eigenvalue weighted by molar-refractivity contribution is 6.02. The molecule has 0 unspecified atom stereocenters. The molecule has 0 radical (unpaired) electrons. The molecule has 118 valence electrons. The fraction of sp³-hybridized carbons (Fsp3) is 0.111. The highest BCUT2D eigenvalue weighted by Gasteiger charge is 2.04. The Balaban J connectivity index is 2.01. The first-order valence-electron chi connectivity index (χ1n) is 7.05. The lowest BCUT2D eigenvalue weighted by atomic mass is 10.2. The van der Waals surface area contributed by atoms with Crippen molar-refractivity contribution in [2.45, 2.75) is 0 Å². The zero-order valence-electron chi connectivity index (χ0n) is 13.0. The van der Waals surface area contributed by atoms with Gasteiger partial charge in [-0.1, -0.05) is 18.2 Å². The van der Waals surface area contributed by atoms with Crippen LogP contribution in [0.5, 0.6) is 0 Å². The molecule has 5 heteroatoms. The maximum atomic E-state index is 11.9. The van der Waals surface area contributed by atoms with Crippen molar-refractivity contribution < 1.29 is 14.7 Å². The summed E-state index contributed by atoms with van der Waals surface area (Å²) in [7, 11) is 3.92. The number of benzene rings is 2. The predicted molar refractivity (Wildman–Crippen MR) is 91.8 cm³/mol. The number of nitrogens with zero attached hydrogens (tertiary/aromatic N) is 1. The van der Waals surface area contributed by atoms with Crippen molar-refractivity contribution in [2.24, 2.45) is 0 Å². The summed E-state index contributed by atoms with van der Waals surface area (Å²) in [6.45, 7) is 0. The van der Waals surface area contributed by atoms with E-state index in [0.29, 0.717) is 5.69 Å². The number of aromatic carboxylic acids is 1. The quantitative estimate of drug-likeness (QED) is 0.833. The molecule has 0 saturated heterocycles. The summed E-state index contributed by atoms with van der Waals surface area (Å²) in [4.78, 5) is 24.8. The number of carboxylic acids is 1. The van der Waals surface area contributed by atoms with E-state index < -0.39 is 5.97 Å². The van der Waals surface area contributed by atoms with E-state index in [2.05, 4.69) is 5.32 Å². The number of amides is 1. The summed E-state index contributed by atoms with van der Waals surface area (Å²) >= 11 is 0. The minimum Gasteiger partial charge on any atom is -0.478 e. The van der Waals surface area contributed by atoms with Crippen molar-refractivity contribution in [3.8, 4) is 0 Å². The maximum absolute atomic E-state index is 11.9. The lowest BCUT2D eigenvalue weighted by Crippen LogP contribution is -2.09.